The van der Waals surface area contributed by atoms with Gasteiger partial charge in [0.1, 0.15) is 0 Å². The molecule has 0 unspecified atom stereocenters. The van der Waals surface area contributed by atoms with Crippen molar-refractivity contribution >= 4 is 17.0 Å². The molecule has 4 heteroatoms. The van der Waals surface area contributed by atoms with Crippen molar-refractivity contribution in [3.8, 4) is 0 Å². The van der Waals surface area contributed by atoms with Crippen LogP contribution in [0.2, 0.25) is 0 Å². The summed E-state index contributed by atoms with van der Waals surface area (Å²) >= 11 is 0. The number of carbonyl (C=O) groups is 1. The van der Waals surface area contributed by atoms with Gasteiger partial charge in [0.05, 0.1) is 17.4 Å². The fourth-order valence-electron chi connectivity index (χ4n) is 1.27. The van der Waals surface area contributed by atoms with E-state index in [9.17, 15) is 4.79 Å². The first kappa shape index (κ1) is 8.74. The van der Waals surface area contributed by atoms with E-state index >= 15 is 0 Å². The minimum Gasteiger partial charge on any atom is -0.444 e. The van der Waals surface area contributed by atoms with E-state index in [4.69, 9.17) is 4.74 Å². The van der Waals surface area contributed by atoms with Crippen molar-refractivity contribution in [2.24, 2.45) is 0 Å². The van der Waals surface area contributed by atoms with Crippen LogP contribution in [0.3, 0.4) is 0 Å². The fraction of sp³-hybridized carbons (Fsp3) is 0.200. The first-order chi connectivity index (χ1) is 6.77. The van der Waals surface area contributed by atoms with Crippen molar-refractivity contribution in [1.82, 2.24) is 9.55 Å². The van der Waals surface area contributed by atoms with E-state index in [-0.39, 0.29) is 12.7 Å². The zero-order valence-corrected chi connectivity index (χ0v) is 7.80. The second-order valence-electron chi connectivity index (χ2n) is 2.97. The van der Waals surface area contributed by atoms with Crippen LogP contribution in [0.25, 0.3) is 11.0 Å². The van der Waals surface area contributed by atoms with Crippen LogP contribution in [-0.4, -0.2) is 15.5 Å². The third-order valence-electron chi connectivity index (χ3n) is 1.93. The molecule has 1 aromatic heterocycles. The van der Waals surface area contributed by atoms with Crippen molar-refractivity contribution in [3.63, 3.8) is 0 Å². The predicted octanol–water partition coefficient (Wildman–Crippen LogP) is 1.56. The van der Waals surface area contributed by atoms with Gasteiger partial charge in [-0.3, -0.25) is 9.36 Å². The number of fused-ring (bicyclic) bond motifs is 1. The van der Waals surface area contributed by atoms with Gasteiger partial charge in [0.25, 0.3) is 0 Å². The lowest BCUT2D eigenvalue weighted by Crippen LogP contribution is -2.04. The van der Waals surface area contributed by atoms with Gasteiger partial charge in [0.15, 0.2) is 6.73 Å². The molecule has 1 heterocycles. The molecule has 0 aliphatic carbocycles. The number of carbonyl (C=O) groups excluding carboxylic acids is 1. The molecule has 0 saturated carbocycles. The first-order valence-corrected chi connectivity index (χ1v) is 4.30. The maximum absolute atomic E-state index is 10.6. The second-order valence-corrected chi connectivity index (χ2v) is 2.97. The van der Waals surface area contributed by atoms with E-state index in [1.165, 1.54) is 6.92 Å². The number of rotatable bonds is 2. The summed E-state index contributed by atoms with van der Waals surface area (Å²) in [5.41, 5.74) is 1.87. The van der Waals surface area contributed by atoms with Gasteiger partial charge < -0.3 is 4.74 Å². The monoisotopic (exact) mass is 190 g/mol. The van der Waals surface area contributed by atoms with Crippen LogP contribution >= 0.6 is 0 Å². The summed E-state index contributed by atoms with van der Waals surface area (Å²) in [5.74, 6) is -0.289. The average Bonchev–Trinajstić information content (AvgIpc) is 2.58. The van der Waals surface area contributed by atoms with Crippen LogP contribution < -0.4 is 0 Å². The fourth-order valence-corrected chi connectivity index (χ4v) is 1.27. The van der Waals surface area contributed by atoms with Gasteiger partial charge >= 0.3 is 5.97 Å². The first-order valence-electron chi connectivity index (χ1n) is 4.30. The van der Waals surface area contributed by atoms with Gasteiger partial charge in [-0.15, -0.1) is 0 Å². The van der Waals surface area contributed by atoms with Crippen LogP contribution in [0, 0.1) is 0 Å². The highest BCUT2D eigenvalue weighted by Crippen LogP contribution is 2.11. The lowest BCUT2D eigenvalue weighted by Gasteiger charge is -2.03. The van der Waals surface area contributed by atoms with Gasteiger partial charge in [-0.25, -0.2) is 4.98 Å². The molecule has 0 N–H and O–H groups in total. The Morgan fingerprint density at radius 2 is 2.29 bits per heavy atom. The molecule has 0 atom stereocenters. The van der Waals surface area contributed by atoms with E-state index < -0.39 is 0 Å². The van der Waals surface area contributed by atoms with Gasteiger partial charge in [-0.05, 0) is 12.1 Å². The minimum atomic E-state index is -0.289. The molecule has 0 radical (unpaired) electrons. The number of para-hydroxylation sites is 2. The van der Waals surface area contributed by atoms with Crippen LogP contribution in [0.4, 0.5) is 0 Å². The Morgan fingerprint density at radius 3 is 3.07 bits per heavy atom. The Hall–Kier alpha value is -1.84. The van der Waals surface area contributed by atoms with Crippen LogP contribution in [-0.2, 0) is 16.3 Å². The van der Waals surface area contributed by atoms with Crippen LogP contribution in [0.1, 0.15) is 6.92 Å². The predicted molar refractivity (Wildman–Crippen MR) is 51.5 cm³/mol. The number of esters is 1. The Morgan fingerprint density at radius 1 is 1.50 bits per heavy atom. The standard InChI is InChI=1S/C10H10N2O2/c1-8(13)14-7-12-6-11-9-4-2-3-5-10(9)12/h2-6H,7H2,1H3. The summed E-state index contributed by atoms with van der Waals surface area (Å²) < 4.78 is 6.67. The third-order valence-corrected chi connectivity index (χ3v) is 1.93. The van der Waals surface area contributed by atoms with Crippen molar-refractivity contribution < 1.29 is 9.53 Å². The maximum Gasteiger partial charge on any atom is 0.304 e. The molecule has 0 saturated heterocycles. The molecule has 0 aliphatic heterocycles. The molecule has 4 nitrogen and oxygen atoms in total. The van der Waals surface area contributed by atoms with Crippen molar-refractivity contribution in [2.75, 3.05) is 0 Å². The van der Waals surface area contributed by atoms with Gasteiger partial charge in [-0.1, -0.05) is 12.1 Å². The topological polar surface area (TPSA) is 44.1 Å². The second kappa shape index (κ2) is 3.49. The molecule has 72 valence electrons. The van der Waals surface area contributed by atoms with Crippen LogP contribution in [0.5, 0.6) is 0 Å². The molecule has 0 fully saturated rings. The largest absolute Gasteiger partial charge is 0.444 e. The van der Waals surface area contributed by atoms with Gasteiger partial charge in [0.2, 0.25) is 0 Å². The summed E-state index contributed by atoms with van der Waals surface area (Å²) in [5, 5.41) is 0. The normalized spacial score (nSPS) is 10.4. The van der Waals surface area contributed by atoms with E-state index in [0.717, 1.165) is 11.0 Å². The van der Waals surface area contributed by atoms with E-state index in [1.807, 2.05) is 24.3 Å². The third kappa shape index (κ3) is 1.59. The number of aromatic nitrogens is 2. The Bertz CT molecular complexity index is 462. The highest BCUT2D eigenvalue weighted by Gasteiger charge is 2.01. The Balaban J connectivity index is 2.29. The smallest absolute Gasteiger partial charge is 0.304 e. The zero-order valence-electron chi connectivity index (χ0n) is 7.80. The summed E-state index contributed by atoms with van der Waals surface area (Å²) in [6.07, 6.45) is 1.66. The lowest BCUT2D eigenvalue weighted by molar-refractivity contribution is -0.144. The minimum absolute atomic E-state index is 0.218. The number of hydrogen-bond acceptors (Lipinski definition) is 3. The molecular weight excluding hydrogens is 180 g/mol. The summed E-state index contributed by atoms with van der Waals surface area (Å²) in [6, 6.07) is 7.70. The highest BCUT2D eigenvalue weighted by atomic mass is 16.5. The molecular formula is C10H10N2O2. The number of ether oxygens (including phenoxy) is 1. The molecule has 2 aromatic rings. The SMILES string of the molecule is CC(=O)OCn1cnc2ccccc21. The molecule has 0 amide bonds. The number of nitrogens with zero attached hydrogens (tertiary/aromatic N) is 2. The average molecular weight is 190 g/mol. The molecule has 1 aromatic carbocycles. The van der Waals surface area contributed by atoms with Crippen molar-refractivity contribution in [1.29, 1.82) is 0 Å². The van der Waals surface area contributed by atoms with E-state index in [0.29, 0.717) is 0 Å². The van der Waals surface area contributed by atoms with Crippen molar-refractivity contribution in [3.05, 3.63) is 30.6 Å². The Labute approximate surface area is 81.1 Å². The van der Waals surface area contributed by atoms with Crippen molar-refractivity contribution in [2.45, 2.75) is 13.7 Å². The van der Waals surface area contributed by atoms with E-state index in [1.54, 1.807) is 10.9 Å². The molecule has 14 heavy (non-hydrogen) atoms. The van der Waals surface area contributed by atoms with Gasteiger partial charge in [-0.2, -0.15) is 0 Å². The summed E-state index contributed by atoms with van der Waals surface area (Å²) in [6.45, 7) is 1.61. The molecule has 0 spiro atoms. The molecule has 0 bridgehead atoms. The zero-order chi connectivity index (χ0) is 9.97. The molecule has 2 rings (SSSR count). The summed E-state index contributed by atoms with van der Waals surface area (Å²) in [7, 11) is 0. The highest BCUT2D eigenvalue weighted by molar-refractivity contribution is 5.75. The lowest BCUT2D eigenvalue weighted by atomic mass is 10.3. The maximum atomic E-state index is 10.6. The molecule has 0 aliphatic rings. The quantitative estimate of drug-likeness (QED) is 0.675. The summed E-state index contributed by atoms with van der Waals surface area (Å²) in [4.78, 5) is 14.8. The number of hydrogen-bond donors (Lipinski definition) is 0. The van der Waals surface area contributed by atoms with Gasteiger partial charge in [0, 0.05) is 6.92 Å². The number of imidazole rings is 1. The van der Waals surface area contributed by atoms with Crippen LogP contribution in [0.15, 0.2) is 30.6 Å². The number of benzene rings is 1. The Kier molecular flexibility index (Phi) is 2.18. The van der Waals surface area contributed by atoms with E-state index in [2.05, 4.69) is 4.98 Å².